The van der Waals surface area contributed by atoms with Crippen molar-refractivity contribution in [3.05, 3.63) is 11.6 Å². The van der Waals surface area contributed by atoms with Gasteiger partial charge in [0, 0.05) is 0 Å². The van der Waals surface area contributed by atoms with E-state index < -0.39 is 0 Å². The molecule has 1 aliphatic carbocycles. The fourth-order valence-corrected chi connectivity index (χ4v) is 4.97. The minimum atomic E-state index is 1.06. The SMILES string of the molecule is CC1=CCCC(B2C3CCCC2CCC3)C1. The van der Waals surface area contributed by atoms with Gasteiger partial charge in [-0.1, -0.05) is 74.0 Å². The van der Waals surface area contributed by atoms with Crippen molar-refractivity contribution in [2.24, 2.45) is 0 Å². The van der Waals surface area contributed by atoms with Crippen LogP contribution in [0.2, 0.25) is 17.5 Å². The topological polar surface area (TPSA) is 0 Å². The first-order valence-corrected chi connectivity index (χ1v) is 7.50. The maximum Gasteiger partial charge on any atom is 0.149 e. The summed E-state index contributed by atoms with van der Waals surface area (Å²) in [5.74, 6) is 3.28. The van der Waals surface area contributed by atoms with Crippen LogP contribution < -0.4 is 0 Å². The Morgan fingerprint density at radius 1 is 0.938 bits per heavy atom. The first-order chi connectivity index (χ1) is 7.84. The van der Waals surface area contributed by atoms with Crippen molar-refractivity contribution in [1.29, 1.82) is 0 Å². The summed E-state index contributed by atoms with van der Waals surface area (Å²) in [7, 11) is 0. The zero-order chi connectivity index (χ0) is 11.0. The molecular formula is C15H25B. The Labute approximate surface area is 101 Å². The van der Waals surface area contributed by atoms with Crippen LogP contribution in [0.3, 0.4) is 0 Å². The molecule has 88 valence electrons. The van der Waals surface area contributed by atoms with Gasteiger partial charge in [0.15, 0.2) is 0 Å². The molecule has 0 aromatic heterocycles. The summed E-state index contributed by atoms with van der Waals surface area (Å²) in [5.41, 5.74) is 1.68. The molecule has 2 saturated heterocycles. The Hall–Kier alpha value is -0.195. The van der Waals surface area contributed by atoms with Gasteiger partial charge in [0.05, 0.1) is 0 Å². The van der Waals surface area contributed by atoms with E-state index in [0.29, 0.717) is 0 Å². The van der Waals surface area contributed by atoms with Crippen LogP contribution in [0.25, 0.3) is 0 Å². The van der Waals surface area contributed by atoms with E-state index in [1.54, 1.807) is 31.3 Å². The summed E-state index contributed by atoms with van der Waals surface area (Å²) in [5, 5.41) is 0. The predicted octanol–water partition coefficient (Wildman–Crippen LogP) is 5.09. The van der Waals surface area contributed by atoms with E-state index in [1.807, 2.05) is 0 Å². The van der Waals surface area contributed by atoms with Gasteiger partial charge in [0.1, 0.15) is 6.71 Å². The van der Waals surface area contributed by atoms with Gasteiger partial charge in [-0.15, -0.1) is 0 Å². The molecule has 2 aliphatic heterocycles. The van der Waals surface area contributed by atoms with Gasteiger partial charge >= 0.3 is 0 Å². The van der Waals surface area contributed by atoms with E-state index in [2.05, 4.69) is 13.0 Å². The molecule has 3 aliphatic rings. The van der Waals surface area contributed by atoms with Crippen LogP contribution in [-0.4, -0.2) is 6.71 Å². The molecular weight excluding hydrogens is 191 g/mol. The molecule has 0 radical (unpaired) electrons. The average molecular weight is 216 g/mol. The summed E-state index contributed by atoms with van der Waals surface area (Å²) >= 11 is 0. The zero-order valence-electron chi connectivity index (χ0n) is 10.8. The van der Waals surface area contributed by atoms with E-state index in [9.17, 15) is 0 Å². The lowest BCUT2D eigenvalue weighted by Crippen LogP contribution is -2.39. The van der Waals surface area contributed by atoms with Gasteiger partial charge in [-0.05, 0) is 19.8 Å². The fourth-order valence-electron chi connectivity index (χ4n) is 4.97. The molecule has 1 heteroatoms. The van der Waals surface area contributed by atoms with Crippen LogP contribution in [0.4, 0.5) is 0 Å². The summed E-state index contributed by atoms with van der Waals surface area (Å²) < 4.78 is 0. The lowest BCUT2D eigenvalue weighted by atomic mass is 9.21. The Morgan fingerprint density at radius 2 is 1.56 bits per heavy atom. The first-order valence-electron chi connectivity index (χ1n) is 7.50. The van der Waals surface area contributed by atoms with Gasteiger partial charge in [-0.25, -0.2) is 0 Å². The van der Waals surface area contributed by atoms with E-state index in [1.165, 1.54) is 32.1 Å². The van der Waals surface area contributed by atoms with Crippen LogP contribution >= 0.6 is 0 Å². The van der Waals surface area contributed by atoms with E-state index in [4.69, 9.17) is 0 Å². The molecule has 0 nitrogen and oxygen atoms in total. The molecule has 2 heterocycles. The van der Waals surface area contributed by atoms with Gasteiger partial charge in [-0.2, -0.15) is 0 Å². The molecule has 2 fully saturated rings. The van der Waals surface area contributed by atoms with Crippen LogP contribution in [-0.2, 0) is 0 Å². The van der Waals surface area contributed by atoms with Crippen LogP contribution in [0.1, 0.15) is 64.7 Å². The van der Waals surface area contributed by atoms with Crippen LogP contribution in [0.5, 0.6) is 0 Å². The average Bonchev–Trinajstić information content (AvgIpc) is 2.28. The van der Waals surface area contributed by atoms with Crippen LogP contribution in [0, 0.1) is 0 Å². The normalized spacial score (nSPS) is 39.4. The highest BCUT2D eigenvalue weighted by Gasteiger charge is 2.43. The maximum atomic E-state index is 2.48. The van der Waals surface area contributed by atoms with Gasteiger partial charge in [0.2, 0.25) is 0 Å². The van der Waals surface area contributed by atoms with Crippen molar-refractivity contribution in [1.82, 2.24) is 0 Å². The molecule has 0 aromatic rings. The minimum absolute atomic E-state index is 1.06. The van der Waals surface area contributed by atoms with E-state index >= 15 is 0 Å². The summed E-state index contributed by atoms with van der Waals surface area (Å²) in [6.07, 6.45) is 16.1. The molecule has 0 spiro atoms. The van der Waals surface area contributed by atoms with Crippen LogP contribution in [0.15, 0.2) is 11.6 Å². The third kappa shape index (κ3) is 1.98. The van der Waals surface area contributed by atoms with E-state index in [-0.39, 0.29) is 0 Å². The number of hydrogen-bond acceptors (Lipinski definition) is 0. The monoisotopic (exact) mass is 216 g/mol. The molecule has 1 atom stereocenters. The highest BCUT2D eigenvalue weighted by molar-refractivity contribution is 6.64. The summed E-state index contributed by atoms with van der Waals surface area (Å²) in [6.45, 7) is 3.47. The minimum Gasteiger partial charge on any atom is -0.0856 e. The molecule has 0 saturated carbocycles. The van der Waals surface area contributed by atoms with Crippen molar-refractivity contribution >= 4 is 6.71 Å². The van der Waals surface area contributed by atoms with Gasteiger partial charge < -0.3 is 0 Å². The standard InChI is InChI=1S/C15H25B/c1-12-5-2-10-15(11-12)16-13-6-3-7-14(16)9-4-8-13/h5,13-15H,2-4,6-11H2,1H3. The first kappa shape index (κ1) is 10.9. The molecule has 0 N–H and O–H groups in total. The maximum absolute atomic E-state index is 2.48. The smallest absolute Gasteiger partial charge is 0.0856 e. The van der Waals surface area contributed by atoms with E-state index in [0.717, 1.165) is 24.2 Å². The van der Waals surface area contributed by atoms with Gasteiger partial charge in [0.25, 0.3) is 0 Å². The second-order valence-electron chi connectivity index (χ2n) is 6.55. The largest absolute Gasteiger partial charge is 0.149 e. The molecule has 16 heavy (non-hydrogen) atoms. The molecule has 3 rings (SSSR count). The lowest BCUT2D eigenvalue weighted by Gasteiger charge is -2.45. The van der Waals surface area contributed by atoms with Crippen molar-refractivity contribution in [3.63, 3.8) is 0 Å². The van der Waals surface area contributed by atoms with Crippen molar-refractivity contribution in [2.75, 3.05) is 0 Å². The third-order valence-electron chi connectivity index (χ3n) is 5.55. The highest BCUT2D eigenvalue weighted by atomic mass is 14.3. The Bertz CT molecular complexity index is 259. The van der Waals surface area contributed by atoms with Crippen molar-refractivity contribution in [3.8, 4) is 0 Å². The second kappa shape index (κ2) is 4.59. The second-order valence-corrected chi connectivity index (χ2v) is 6.55. The molecule has 1 unspecified atom stereocenters. The number of allylic oxidation sites excluding steroid dienone is 2. The quantitative estimate of drug-likeness (QED) is 0.423. The Balaban J connectivity index is 1.75. The fraction of sp³-hybridized carbons (Fsp3) is 0.867. The zero-order valence-corrected chi connectivity index (χ0v) is 10.8. The Morgan fingerprint density at radius 3 is 2.12 bits per heavy atom. The number of fused-ring (bicyclic) bond motifs is 2. The Kier molecular flexibility index (Phi) is 3.13. The molecule has 2 bridgehead atoms. The lowest BCUT2D eigenvalue weighted by molar-refractivity contribution is 0.428. The summed E-state index contributed by atoms with van der Waals surface area (Å²) in [4.78, 5) is 0. The third-order valence-corrected chi connectivity index (χ3v) is 5.55. The van der Waals surface area contributed by atoms with Crippen molar-refractivity contribution in [2.45, 2.75) is 82.2 Å². The van der Waals surface area contributed by atoms with Gasteiger partial charge in [-0.3, -0.25) is 0 Å². The van der Waals surface area contributed by atoms with Crippen molar-refractivity contribution < 1.29 is 0 Å². The highest BCUT2D eigenvalue weighted by Crippen LogP contribution is 2.53. The number of rotatable bonds is 1. The summed E-state index contributed by atoms with van der Waals surface area (Å²) in [6, 6.07) is 0. The number of hydrogen-bond donors (Lipinski definition) is 0. The molecule has 0 amide bonds. The predicted molar refractivity (Wildman–Crippen MR) is 72.3 cm³/mol. The molecule has 0 aromatic carbocycles.